The molecule has 9 heteroatoms. The first-order valence-electron chi connectivity index (χ1n) is 12.6. The number of aromatic nitrogens is 4. The van der Waals surface area contributed by atoms with E-state index in [4.69, 9.17) is 4.74 Å². The fourth-order valence-electron chi connectivity index (χ4n) is 4.46. The molecule has 4 aromatic rings. The van der Waals surface area contributed by atoms with Gasteiger partial charge in [-0.1, -0.05) is 37.3 Å². The number of rotatable bonds is 9. The van der Waals surface area contributed by atoms with Crippen LogP contribution < -0.4 is 10.1 Å². The number of hydrogen-bond donors (Lipinski definition) is 2. The number of aliphatic hydroxyl groups is 1. The van der Waals surface area contributed by atoms with Crippen molar-refractivity contribution in [3.05, 3.63) is 78.6 Å². The second kappa shape index (κ2) is 11.5. The van der Waals surface area contributed by atoms with E-state index in [0.717, 1.165) is 73.4 Å². The highest BCUT2D eigenvalue weighted by atomic mass is 19.1. The maximum Gasteiger partial charge on any atom is 0.229 e. The lowest BCUT2D eigenvalue weighted by Crippen LogP contribution is -2.38. The first kappa shape index (κ1) is 24.9. The molecule has 3 heterocycles. The Morgan fingerprint density at radius 3 is 2.70 bits per heavy atom. The molecule has 5 rings (SSSR count). The number of benzene rings is 2. The fraction of sp³-hybridized carbons (Fsp3) is 0.321. The van der Waals surface area contributed by atoms with E-state index in [2.05, 4.69) is 32.1 Å². The highest BCUT2D eigenvalue weighted by Crippen LogP contribution is 2.26. The number of aliphatic hydroxyl groups excluding tert-OH is 1. The predicted octanol–water partition coefficient (Wildman–Crippen LogP) is 4.61. The van der Waals surface area contributed by atoms with Crippen molar-refractivity contribution in [2.24, 2.45) is 0 Å². The summed E-state index contributed by atoms with van der Waals surface area (Å²) >= 11 is 0. The Labute approximate surface area is 215 Å². The average molecular weight is 503 g/mol. The summed E-state index contributed by atoms with van der Waals surface area (Å²) in [6.07, 6.45) is 6.67. The standard InChI is InChI=1S/C28H31FN6O2/c1-2-20-14-22(16-24(15-20)37-13-12-34-10-8-23(36)9-11-34)32-28-31-17-25(29)27(33-28)35-19-30-18-26(35)21-6-4-3-5-7-21/h3-7,14-19,23,36H,2,8-13H2,1H3,(H,31,32,33). The van der Waals surface area contributed by atoms with Crippen LogP contribution >= 0.6 is 0 Å². The average Bonchev–Trinajstić information content (AvgIpc) is 3.41. The number of hydrogen-bond acceptors (Lipinski definition) is 7. The van der Waals surface area contributed by atoms with Gasteiger partial charge >= 0.3 is 0 Å². The summed E-state index contributed by atoms with van der Waals surface area (Å²) in [7, 11) is 0. The molecule has 1 saturated heterocycles. The predicted molar refractivity (Wildman–Crippen MR) is 141 cm³/mol. The molecule has 0 spiro atoms. The van der Waals surface area contributed by atoms with E-state index in [1.807, 2.05) is 48.5 Å². The summed E-state index contributed by atoms with van der Waals surface area (Å²) in [4.78, 5) is 15.2. The van der Waals surface area contributed by atoms with Crippen LogP contribution in [0.2, 0.25) is 0 Å². The number of imidazole rings is 1. The summed E-state index contributed by atoms with van der Waals surface area (Å²) in [6, 6.07) is 15.6. The molecule has 0 unspecified atom stereocenters. The van der Waals surface area contributed by atoms with Gasteiger partial charge in [-0.2, -0.15) is 4.98 Å². The molecule has 192 valence electrons. The number of ether oxygens (including phenoxy) is 1. The Balaban J connectivity index is 1.32. The quantitative estimate of drug-likeness (QED) is 0.346. The minimum atomic E-state index is -0.544. The Hall–Kier alpha value is -3.82. The Morgan fingerprint density at radius 1 is 1.11 bits per heavy atom. The van der Waals surface area contributed by atoms with Gasteiger partial charge in [-0.3, -0.25) is 9.47 Å². The summed E-state index contributed by atoms with van der Waals surface area (Å²) in [5.41, 5.74) is 3.51. The number of likely N-dealkylation sites (tertiary alicyclic amines) is 1. The molecule has 2 aromatic heterocycles. The van der Waals surface area contributed by atoms with Crippen LogP contribution in [0.4, 0.5) is 16.0 Å². The maximum atomic E-state index is 14.8. The van der Waals surface area contributed by atoms with Crippen molar-refractivity contribution >= 4 is 11.6 Å². The zero-order valence-electron chi connectivity index (χ0n) is 20.8. The first-order valence-corrected chi connectivity index (χ1v) is 12.6. The van der Waals surface area contributed by atoms with Gasteiger partial charge in [0.15, 0.2) is 11.6 Å². The second-order valence-electron chi connectivity index (χ2n) is 9.15. The molecule has 1 aliphatic heterocycles. The molecule has 2 N–H and O–H groups in total. The first-order chi connectivity index (χ1) is 18.1. The minimum Gasteiger partial charge on any atom is -0.492 e. The van der Waals surface area contributed by atoms with Gasteiger partial charge in [0.05, 0.1) is 24.2 Å². The highest BCUT2D eigenvalue weighted by molar-refractivity contribution is 5.62. The lowest BCUT2D eigenvalue weighted by Gasteiger charge is -2.29. The van der Waals surface area contributed by atoms with Crippen LogP contribution in [0.15, 0.2) is 67.3 Å². The molecular formula is C28H31FN6O2. The normalized spacial score (nSPS) is 14.6. The molecule has 37 heavy (non-hydrogen) atoms. The zero-order chi connectivity index (χ0) is 25.6. The van der Waals surface area contributed by atoms with E-state index in [-0.39, 0.29) is 17.9 Å². The Bertz CT molecular complexity index is 1320. The lowest BCUT2D eigenvalue weighted by atomic mass is 10.1. The van der Waals surface area contributed by atoms with Gasteiger partial charge in [0.1, 0.15) is 18.7 Å². The van der Waals surface area contributed by atoms with Crippen LogP contribution in [-0.4, -0.2) is 61.9 Å². The largest absolute Gasteiger partial charge is 0.492 e. The number of aryl methyl sites for hydroxylation is 1. The topological polar surface area (TPSA) is 88.3 Å². The van der Waals surface area contributed by atoms with Crippen molar-refractivity contribution in [1.82, 2.24) is 24.4 Å². The van der Waals surface area contributed by atoms with E-state index < -0.39 is 5.82 Å². The minimum absolute atomic E-state index is 0.114. The molecular weight excluding hydrogens is 471 g/mol. The van der Waals surface area contributed by atoms with Crippen molar-refractivity contribution in [2.45, 2.75) is 32.3 Å². The van der Waals surface area contributed by atoms with Crippen molar-refractivity contribution in [3.8, 4) is 22.8 Å². The van der Waals surface area contributed by atoms with Crippen molar-refractivity contribution in [2.75, 3.05) is 31.6 Å². The smallest absolute Gasteiger partial charge is 0.229 e. The molecule has 2 aromatic carbocycles. The summed E-state index contributed by atoms with van der Waals surface area (Å²) in [5, 5.41) is 12.9. The molecule has 0 bridgehead atoms. The number of nitrogens with one attached hydrogen (secondary N) is 1. The van der Waals surface area contributed by atoms with E-state index in [9.17, 15) is 9.50 Å². The maximum absolute atomic E-state index is 14.8. The molecule has 0 saturated carbocycles. The number of halogens is 1. The third-order valence-electron chi connectivity index (χ3n) is 6.53. The second-order valence-corrected chi connectivity index (χ2v) is 9.15. The van der Waals surface area contributed by atoms with Crippen LogP contribution in [0.5, 0.6) is 5.75 Å². The lowest BCUT2D eigenvalue weighted by molar-refractivity contribution is 0.0755. The van der Waals surface area contributed by atoms with Gasteiger partial charge in [0.25, 0.3) is 0 Å². The fourth-order valence-corrected chi connectivity index (χ4v) is 4.46. The molecule has 8 nitrogen and oxygen atoms in total. The van der Waals surface area contributed by atoms with Crippen molar-refractivity contribution < 1.29 is 14.2 Å². The molecule has 0 atom stereocenters. The Morgan fingerprint density at radius 2 is 1.92 bits per heavy atom. The summed E-state index contributed by atoms with van der Waals surface area (Å²) in [6.45, 7) is 5.23. The van der Waals surface area contributed by atoms with Gasteiger partial charge in [-0.15, -0.1) is 0 Å². The van der Waals surface area contributed by atoms with Gasteiger partial charge in [-0.05, 0) is 37.0 Å². The highest BCUT2D eigenvalue weighted by Gasteiger charge is 2.17. The number of piperidine rings is 1. The monoisotopic (exact) mass is 502 g/mol. The van der Waals surface area contributed by atoms with Gasteiger partial charge in [0.2, 0.25) is 5.95 Å². The third kappa shape index (κ3) is 6.12. The van der Waals surface area contributed by atoms with E-state index in [1.165, 1.54) is 0 Å². The van der Waals surface area contributed by atoms with Gasteiger partial charge < -0.3 is 15.2 Å². The van der Waals surface area contributed by atoms with Gasteiger partial charge in [-0.25, -0.2) is 14.4 Å². The SMILES string of the molecule is CCc1cc(Nc2ncc(F)c(-n3cncc3-c3ccccc3)n2)cc(OCCN2CCC(O)CC2)c1. The zero-order valence-corrected chi connectivity index (χ0v) is 20.8. The van der Waals surface area contributed by atoms with E-state index in [1.54, 1.807) is 17.1 Å². The van der Waals surface area contributed by atoms with Crippen LogP contribution in [0, 0.1) is 5.82 Å². The number of anilines is 2. The van der Waals surface area contributed by atoms with Gasteiger partial charge in [0, 0.05) is 37.0 Å². The third-order valence-corrected chi connectivity index (χ3v) is 6.53. The molecule has 0 radical (unpaired) electrons. The molecule has 1 fully saturated rings. The van der Waals surface area contributed by atoms with Crippen molar-refractivity contribution in [3.63, 3.8) is 0 Å². The van der Waals surface area contributed by atoms with E-state index >= 15 is 0 Å². The van der Waals surface area contributed by atoms with Crippen LogP contribution in [0.1, 0.15) is 25.3 Å². The van der Waals surface area contributed by atoms with Crippen molar-refractivity contribution in [1.29, 1.82) is 0 Å². The van der Waals surface area contributed by atoms with Crippen LogP contribution in [-0.2, 0) is 6.42 Å². The van der Waals surface area contributed by atoms with E-state index in [0.29, 0.717) is 6.61 Å². The molecule has 0 aliphatic carbocycles. The molecule has 1 aliphatic rings. The summed E-state index contributed by atoms with van der Waals surface area (Å²) < 4.78 is 22.5. The Kier molecular flexibility index (Phi) is 7.72. The number of nitrogens with zero attached hydrogens (tertiary/aromatic N) is 5. The molecule has 0 amide bonds. The van der Waals surface area contributed by atoms with Crippen LogP contribution in [0.3, 0.4) is 0 Å². The van der Waals surface area contributed by atoms with Crippen LogP contribution in [0.25, 0.3) is 17.1 Å². The summed E-state index contributed by atoms with van der Waals surface area (Å²) in [5.74, 6) is 0.596.